The van der Waals surface area contributed by atoms with Crippen LogP contribution in [0, 0.1) is 12.8 Å². The van der Waals surface area contributed by atoms with Crippen molar-refractivity contribution in [2.75, 3.05) is 24.2 Å². The van der Waals surface area contributed by atoms with Gasteiger partial charge in [-0.2, -0.15) is 0 Å². The Balaban J connectivity index is 1.84. The number of carbonyl (C=O) groups is 2. The number of rotatable bonds is 6. The van der Waals surface area contributed by atoms with Gasteiger partial charge in [0.05, 0.1) is 11.7 Å². The number of nitrogens with zero attached hydrogens (tertiary/aromatic N) is 1. The van der Waals surface area contributed by atoms with Gasteiger partial charge < -0.3 is 10.1 Å². The van der Waals surface area contributed by atoms with Crippen LogP contribution < -0.4 is 5.32 Å². The van der Waals surface area contributed by atoms with Crippen LogP contribution in [0.25, 0.3) is 0 Å². The molecule has 0 aliphatic carbocycles. The third-order valence-corrected chi connectivity index (χ3v) is 6.37. The van der Waals surface area contributed by atoms with E-state index in [1.807, 2.05) is 25.1 Å². The summed E-state index contributed by atoms with van der Waals surface area (Å²) >= 11 is 0. The zero-order valence-corrected chi connectivity index (χ0v) is 16.2. The Hall–Kier alpha value is -1.93. The Bertz CT molecular complexity index is 755. The number of hydrogen-bond donors (Lipinski definition) is 1. The van der Waals surface area contributed by atoms with E-state index in [1.165, 1.54) is 11.2 Å². The average Bonchev–Trinajstić information content (AvgIpc) is 2.61. The molecule has 7 nitrogen and oxygen atoms in total. The van der Waals surface area contributed by atoms with Gasteiger partial charge in [-0.15, -0.1) is 0 Å². The summed E-state index contributed by atoms with van der Waals surface area (Å²) in [6, 6.07) is 7.35. The first-order valence-corrected chi connectivity index (χ1v) is 10.4. The van der Waals surface area contributed by atoms with Gasteiger partial charge in [-0.1, -0.05) is 12.1 Å². The maximum Gasteiger partial charge on any atom is 0.309 e. The second kappa shape index (κ2) is 8.64. The van der Waals surface area contributed by atoms with E-state index >= 15 is 0 Å². The average molecular weight is 382 g/mol. The van der Waals surface area contributed by atoms with Crippen molar-refractivity contribution in [3.8, 4) is 0 Å². The summed E-state index contributed by atoms with van der Waals surface area (Å²) in [4.78, 5) is 24.5. The molecule has 1 heterocycles. The van der Waals surface area contributed by atoms with Crippen molar-refractivity contribution in [2.24, 2.45) is 5.92 Å². The summed E-state index contributed by atoms with van der Waals surface area (Å²) in [6.45, 7) is 5.66. The van der Waals surface area contributed by atoms with Crippen LogP contribution >= 0.6 is 0 Å². The van der Waals surface area contributed by atoms with Crippen LogP contribution in [0.5, 0.6) is 0 Å². The summed E-state index contributed by atoms with van der Waals surface area (Å²) in [5, 5.41) is 2.72. The number of nitrogens with one attached hydrogen (secondary N) is 1. The van der Waals surface area contributed by atoms with E-state index in [0.29, 0.717) is 31.6 Å². The van der Waals surface area contributed by atoms with Gasteiger partial charge in [0.25, 0.3) is 5.91 Å². The molecule has 1 aliphatic heterocycles. The van der Waals surface area contributed by atoms with Crippen LogP contribution in [0.1, 0.15) is 32.3 Å². The van der Waals surface area contributed by atoms with Crippen LogP contribution in [0.4, 0.5) is 5.69 Å². The Morgan fingerprint density at radius 2 is 1.96 bits per heavy atom. The summed E-state index contributed by atoms with van der Waals surface area (Å²) in [5.74, 6) is -1.17. The highest BCUT2D eigenvalue weighted by atomic mass is 32.2. The van der Waals surface area contributed by atoms with Crippen LogP contribution in [0.3, 0.4) is 0 Å². The molecule has 144 valence electrons. The summed E-state index contributed by atoms with van der Waals surface area (Å²) in [6.07, 6.45) is -0.102. The second-order valence-corrected chi connectivity index (χ2v) is 8.77. The molecule has 1 atom stereocenters. The molecule has 0 spiro atoms. The summed E-state index contributed by atoms with van der Waals surface area (Å²) in [7, 11) is -3.23. The lowest BCUT2D eigenvalue weighted by Crippen LogP contribution is -2.42. The maximum absolute atomic E-state index is 12.3. The largest absolute Gasteiger partial charge is 0.452 e. The van der Waals surface area contributed by atoms with Gasteiger partial charge in [-0.25, -0.2) is 12.7 Å². The highest BCUT2D eigenvalue weighted by Crippen LogP contribution is 2.22. The zero-order chi connectivity index (χ0) is 19.3. The van der Waals surface area contributed by atoms with Crippen LogP contribution in [-0.2, 0) is 24.3 Å². The first kappa shape index (κ1) is 20.4. The van der Waals surface area contributed by atoms with E-state index in [2.05, 4.69) is 5.32 Å². The molecule has 0 bridgehead atoms. The fourth-order valence-electron chi connectivity index (χ4n) is 2.84. The molecule has 1 aliphatic rings. The van der Waals surface area contributed by atoms with Gasteiger partial charge in [-0.3, -0.25) is 9.59 Å². The van der Waals surface area contributed by atoms with E-state index in [-0.39, 0.29) is 11.7 Å². The SMILES string of the molecule is CCS(=O)(=O)N1CCC(C(=O)OC(C)C(=O)Nc2cccc(C)c2)CC1. The molecule has 8 heteroatoms. The molecular weight excluding hydrogens is 356 g/mol. The Kier molecular flexibility index (Phi) is 6.77. The van der Waals surface area contributed by atoms with Gasteiger partial charge in [-0.05, 0) is 51.3 Å². The Labute approximate surface area is 154 Å². The van der Waals surface area contributed by atoms with E-state index in [0.717, 1.165) is 5.56 Å². The lowest BCUT2D eigenvalue weighted by molar-refractivity contribution is -0.158. The molecule has 1 unspecified atom stereocenters. The van der Waals surface area contributed by atoms with Gasteiger partial charge in [0, 0.05) is 18.8 Å². The molecule has 2 rings (SSSR count). The van der Waals surface area contributed by atoms with Gasteiger partial charge >= 0.3 is 5.97 Å². The number of ether oxygens (including phenoxy) is 1. The lowest BCUT2D eigenvalue weighted by Gasteiger charge is -2.30. The van der Waals surface area contributed by atoms with Crippen LogP contribution in [0.2, 0.25) is 0 Å². The molecule has 1 aromatic carbocycles. The monoisotopic (exact) mass is 382 g/mol. The first-order chi connectivity index (χ1) is 12.2. The van der Waals surface area contributed by atoms with Crippen LogP contribution in [0.15, 0.2) is 24.3 Å². The van der Waals surface area contributed by atoms with Crippen molar-refractivity contribution in [2.45, 2.75) is 39.7 Å². The highest BCUT2D eigenvalue weighted by molar-refractivity contribution is 7.89. The molecule has 0 aromatic heterocycles. The number of amides is 1. The number of piperidine rings is 1. The third kappa shape index (κ3) is 5.28. The van der Waals surface area contributed by atoms with Crippen molar-refractivity contribution in [3.05, 3.63) is 29.8 Å². The number of aryl methyl sites for hydroxylation is 1. The maximum atomic E-state index is 12.3. The molecule has 0 saturated carbocycles. The van der Waals surface area contributed by atoms with E-state index in [1.54, 1.807) is 13.0 Å². The van der Waals surface area contributed by atoms with E-state index < -0.39 is 28.0 Å². The topological polar surface area (TPSA) is 92.8 Å². The van der Waals surface area contributed by atoms with Gasteiger partial charge in [0.15, 0.2) is 6.10 Å². The molecule has 0 radical (unpaired) electrons. The predicted octanol–water partition coefficient (Wildman–Crippen LogP) is 1.93. The van der Waals surface area contributed by atoms with E-state index in [9.17, 15) is 18.0 Å². The molecule has 26 heavy (non-hydrogen) atoms. The fourth-order valence-corrected chi connectivity index (χ4v) is 3.98. The molecular formula is C18H26N2O5S. The van der Waals surface area contributed by atoms with Crippen molar-refractivity contribution >= 4 is 27.6 Å². The molecule has 1 fully saturated rings. The fraction of sp³-hybridized carbons (Fsp3) is 0.556. The van der Waals surface area contributed by atoms with Crippen molar-refractivity contribution in [1.29, 1.82) is 0 Å². The lowest BCUT2D eigenvalue weighted by atomic mass is 9.98. The quantitative estimate of drug-likeness (QED) is 0.759. The molecule has 1 amide bonds. The number of carbonyl (C=O) groups excluding carboxylic acids is 2. The third-order valence-electron chi connectivity index (χ3n) is 4.49. The highest BCUT2D eigenvalue weighted by Gasteiger charge is 2.32. The van der Waals surface area contributed by atoms with Gasteiger partial charge in [0.1, 0.15) is 0 Å². The summed E-state index contributed by atoms with van der Waals surface area (Å²) < 4.78 is 30.4. The van der Waals surface area contributed by atoms with Gasteiger partial charge in [0.2, 0.25) is 10.0 Å². The second-order valence-electron chi connectivity index (χ2n) is 6.51. The standard InChI is InChI=1S/C18H26N2O5S/c1-4-26(23,24)20-10-8-15(9-11-20)18(22)25-14(3)17(21)19-16-7-5-6-13(2)12-16/h5-7,12,14-15H,4,8-11H2,1-3H3,(H,19,21). The number of hydrogen-bond acceptors (Lipinski definition) is 5. The van der Waals surface area contributed by atoms with Crippen molar-refractivity contribution in [3.63, 3.8) is 0 Å². The smallest absolute Gasteiger partial charge is 0.309 e. The molecule has 1 N–H and O–H groups in total. The Morgan fingerprint density at radius 3 is 2.54 bits per heavy atom. The Morgan fingerprint density at radius 1 is 1.31 bits per heavy atom. The molecule has 1 saturated heterocycles. The minimum absolute atomic E-state index is 0.0538. The normalized spacial score (nSPS) is 17.5. The zero-order valence-electron chi connectivity index (χ0n) is 15.4. The number of anilines is 1. The number of benzene rings is 1. The minimum Gasteiger partial charge on any atom is -0.452 e. The summed E-state index contributed by atoms with van der Waals surface area (Å²) in [5.41, 5.74) is 1.66. The van der Waals surface area contributed by atoms with Crippen LogP contribution in [-0.4, -0.2) is 49.5 Å². The minimum atomic E-state index is -3.23. The number of sulfonamides is 1. The van der Waals surface area contributed by atoms with E-state index in [4.69, 9.17) is 4.74 Å². The number of esters is 1. The molecule has 1 aromatic rings. The predicted molar refractivity (Wildman–Crippen MR) is 99.1 cm³/mol. The van der Waals surface area contributed by atoms with Crippen molar-refractivity contribution in [1.82, 2.24) is 4.31 Å². The van der Waals surface area contributed by atoms with Crippen molar-refractivity contribution < 1.29 is 22.7 Å². The first-order valence-electron chi connectivity index (χ1n) is 8.78.